The predicted molar refractivity (Wildman–Crippen MR) is 141 cm³/mol. The Morgan fingerprint density at radius 2 is 1.89 bits per heavy atom. The third-order valence-electron chi connectivity index (χ3n) is 6.82. The Morgan fingerprint density at radius 1 is 1.22 bits per heavy atom. The van der Waals surface area contributed by atoms with E-state index in [1.807, 2.05) is 52.3 Å². The minimum Gasteiger partial charge on any atom is -0.496 e. The van der Waals surface area contributed by atoms with Gasteiger partial charge in [-0.05, 0) is 71.9 Å². The number of nitrogens with zero attached hydrogens (tertiary/aromatic N) is 5. The number of fused-ring (bicyclic) bond motifs is 1. The zero-order chi connectivity index (χ0) is 26.4. The van der Waals surface area contributed by atoms with E-state index in [4.69, 9.17) is 31.9 Å². The molecule has 4 rings (SSSR count). The van der Waals surface area contributed by atoms with Gasteiger partial charge in [0.15, 0.2) is 5.65 Å². The molecule has 194 valence electrons. The summed E-state index contributed by atoms with van der Waals surface area (Å²) < 4.78 is 13.4. The number of likely N-dealkylation sites (tertiary alicyclic amines) is 1. The molecule has 1 aliphatic rings. The fraction of sp³-hybridized carbons (Fsp3) is 0.538. The van der Waals surface area contributed by atoms with Gasteiger partial charge in [0.1, 0.15) is 23.5 Å². The molecule has 1 saturated heterocycles. The van der Waals surface area contributed by atoms with Crippen molar-refractivity contribution in [3.05, 3.63) is 39.8 Å². The second kappa shape index (κ2) is 9.76. The first-order valence-corrected chi connectivity index (χ1v) is 12.6. The SMILES string of the molecule is COc1c(C(C)n2nc(C)c3c(N)ncnc32)cc(Cl)c(C)c1C1CCN(C(=O)OC(C)(C)C)CC1. The lowest BCUT2D eigenvalue weighted by atomic mass is 9.84. The number of nitrogen functional groups attached to an aromatic ring is 1. The fourth-order valence-corrected chi connectivity index (χ4v) is 5.26. The van der Waals surface area contributed by atoms with Gasteiger partial charge in [0.2, 0.25) is 0 Å². The Kier molecular flexibility index (Phi) is 7.05. The zero-order valence-electron chi connectivity index (χ0n) is 22.1. The quantitative estimate of drug-likeness (QED) is 0.495. The summed E-state index contributed by atoms with van der Waals surface area (Å²) in [6.45, 7) is 12.8. The van der Waals surface area contributed by atoms with E-state index in [9.17, 15) is 4.79 Å². The highest BCUT2D eigenvalue weighted by atomic mass is 35.5. The van der Waals surface area contributed by atoms with E-state index >= 15 is 0 Å². The van der Waals surface area contributed by atoms with Crippen LogP contribution in [-0.4, -0.2) is 56.5 Å². The molecule has 1 aromatic carbocycles. The number of hydrogen-bond acceptors (Lipinski definition) is 7. The minimum absolute atomic E-state index is 0.192. The van der Waals surface area contributed by atoms with Crippen LogP contribution in [0.1, 0.15) is 74.9 Å². The molecule has 1 atom stereocenters. The lowest BCUT2D eigenvalue weighted by Gasteiger charge is -2.35. The number of benzene rings is 1. The molecular formula is C26H35ClN6O3. The number of carbonyl (C=O) groups is 1. The van der Waals surface area contributed by atoms with Crippen molar-refractivity contribution >= 4 is 34.5 Å². The van der Waals surface area contributed by atoms with E-state index in [2.05, 4.69) is 9.97 Å². The summed E-state index contributed by atoms with van der Waals surface area (Å²) in [6, 6.07) is 1.73. The van der Waals surface area contributed by atoms with Crippen molar-refractivity contribution in [2.45, 2.75) is 71.9 Å². The number of aryl methyl sites for hydroxylation is 1. The molecule has 1 aliphatic heterocycles. The number of piperidine rings is 1. The molecule has 0 spiro atoms. The van der Waals surface area contributed by atoms with Crippen molar-refractivity contribution in [1.82, 2.24) is 24.6 Å². The maximum Gasteiger partial charge on any atom is 0.410 e. The number of ether oxygens (including phenoxy) is 2. The fourth-order valence-electron chi connectivity index (χ4n) is 5.04. The normalized spacial score (nSPS) is 15.8. The number of nitrogens with two attached hydrogens (primary N) is 1. The van der Waals surface area contributed by atoms with Crippen molar-refractivity contribution < 1.29 is 14.3 Å². The third-order valence-corrected chi connectivity index (χ3v) is 7.21. The second-order valence-electron chi connectivity index (χ2n) is 10.4. The van der Waals surface area contributed by atoms with E-state index in [1.54, 1.807) is 12.0 Å². The monoisotopic (exact) mass is 514 g/mol. The van der Waals surface area contributed by atoms with Crippen LogP contribution in [0.15, 0.2) is 12.4 Å². The standard InChI is InChI=1S/C26H35ClN6O3/c1-14-19(27)12-18(16(3)33-24-21(15(2)31-33)23(28)29-13-30-24)22(35-7)20(14)17-8-10-32(11-9-17)25(34)36-26(4,5)6/h12-13,16-17H,8-11H2,1-7H3,(H2,28,29,30). The topological polar surface area (TPSA) is 108 Å². The molecule has 2 aromatic heterocycles. The zero-order valence-corrected chi connectivity index (χ0v) is 22.8. The van der Waals surface area contributed by atoms with Crippen LogP contribution in [-0.2, 0) is 4.74 Å². The van der Waals surface area contributed by atoms with Gasteiger partial charge in [0.25, 0.3) is 0 Å². The Balaban J connectivity index is 1.69. The molecule has 9 nitrogen and oxygen atoms in total. The first-order chi connectivity index (χ1) is 16.9. The smallest absolute Gasteiger partial charge is 0.410 e. The van der Waals surface area contributed by atoms with Crippen LogP contribution >= 0.6 is 11.6 Å². The van der Waals surface area contributed by atoms with Gasteiger partial charge >= 0.3 is 6.09 Å². The van der Waals surface area contributed by atoms with Gasteiger partial charge in [-0.3, -0.25) is 0 Å². The van der Waals surface area contributed by atoms with Gasteiger partial charge < -0.3 is 20.1 Å². The van der Waals surface area contributed by atoms with Crippen molar-refractivity contribution in [2.24, 2.45) is 0 Å². The predicted octanol–water partition coefficient (Wildman–Crippen LogP) is 5.41. The van der Waals surface area contributed by atoms with Gasteiger partial charge in [0, 0.05) is 29.2 Å². The molecule has 10 heteroatoms. The molecule has 0 radical (unpaired) electrons. The number of carbonyl (C=O) groups excluding carboxylic acids is 1. The molecular weight excluding hydrogens is 480 g/mol. The molecule has 2 N–H and O–H groups in total. The number of anilines is 1. The molecule has 3 heterocycles. The average molecular weight is 515 g/mol. The summed E-state index contributed by atoms with van der Waals surface area (Å²) in [5, 5.41) is 6.15. The molecule has 3 aromatic rings. The summed E-state index contributed by atoms with van der Waals surface area (Å²) >= 11 is 6.78. The van der Waals surface area contributed by atoms with E-state index in [-0.39, 0.29) is 18.1 Å². The van der Waals surface area contributed by atoms with Crippen LogP contribution in [0.2, 0.25) is 5.02 Å². The third kappa shape index (κ3) is 4.81. The second-order valence-corrected chi connectivity index (χ2v) is 10.8. The number of hydrogen-bond donors (Lipinski definition) is 1. The summed E-state index contributed by atoms with van der Waals surface area (Å²) in [4.78, 5) is 22.9. The first-order valence-electron chi connectivity index (χ1n) is 12.2. The van der Waals surface area contributed by atoms with Crippen molar-refractivity contribution in [3.63, 3.8) is 0 Å². The molecule has 1 fully saturated rings. The lowest BCUT2D eigenvalue weighted by Crippen LogP contribution is -2.41. The Hall–Kier alpha value is -3.07. The lowest BCUT2D eigenvalue weighted by molar-refractivity contribution is 0.0204. The van der Waals surface area contributed by atoms with Crippen LogP contribution < -0.4 is 10.5 Å². The molecule has 1 amide bonds. The number of methoxy groups -OCH3 is 1. The van der Waals surface area contributed by atoms with Gasteiger partial charge in [-0.25, -0.2) is 19.4 Å². The molecule has 1 unspecified atom stereocenters. The van der Waals surface area contributed by atoms with Gasteiger partial charge in [-0.1, -0.05) is 11.6 Å². The highest BCUT2D eigenvalue weighted by molar-refractivity contribution is 6.31. The highest BCUT2D eigenvalue weighted by Crippen LogP contribution is 2.44. The van der Waals surface area contributed by atoms with Crippen molar-refractivity contribution in [2.75, 3.05) is 25.9 Å². The van der Waals surface area contributed by atoms with Gasteiger partial charge in [-0.2, -0.15) is 5.10 Å². The van der Waals surface area contributed by atoms with E-state index in [0.29, 0.717) is 29.6 Å². The maximum atomic E-state index is 12.6. The van der Waals surface area contributed by atoms with Crippen LogP contribution in [0.3, 0.4) is 0 Å². The van der Waals surface area contributed by atoms with Gasteiger partial charge in [0.05, 0.1) is 24.2 Å². The molecule has 36 heavy (non-hydrogen) atoms. The molecule has 0 bridgehead atoms. The Morgan fingerprint density at radius 3 is 2.50 bits per heavy atom. The largest absolute Gasteiger partial charge is 0.496 e. The number of halogens is 1. The first kappa shape index (κ1) is 26.0. The number of rotatable bonds is 4. The van der Waals surface area contributed by atoms with Crippen LogP contribution in [0.25, 0.3) is 11.0 Å². The van der Waals surface area contributed by atoms with Gasteiger partial charge in [-0.15, -0.1) is 0 Å². The molecule has 0 aliphatic carbocycles. The van der Waals surface area contributed by atoms with Crippen molar-refractivity contribution in [3.8, 4) is 5.75 Å². The minimum atomic E-state index is -0.518. The molecule has 0 saturated carbocycles. The van der Waals surface area contributed by atoms with Crippen LogP contribution in [0.5, 0.6) is 5.75 Å². The maximum absolute atomic E-state index is 12.6. The van der Waals surface area contributed by atoms with Crippen molar-refractivity contribution in [1.29, 1.82) is 0 Å². The highest BCUT2D eigenvalue weighted by Gasteiger charge is 2.32. The van der Waals surface area contributed by atoms with Crippen LogP contribution in [0.4, 0.5) is 10.6 Å². The Bertz CT molecular complexity index is 1290. The van der Waals surface area contributed by atoms with Crippen LogP contribution in [0, 0.1) is 13.8 Å². The average Bonchev–Trinajstić information content (AvgIpc) is 3.16. The summed E-state index contributed by atoms with van der Waals surface area (Å²) in [6.07, 6.45) is 2.76. The number of aromatic nitrogens is 4. The van der Waals surface area contributed by atoms with E-state index in [1.165, 1.54) is 6.33 Å². The number of amides is 1. The summed E-state index contributed by atoms with van der Waals surface area (Å²) in [5.41, 5.74) is 10.0. The van der Waals surface area contributed by atoms with E-state index in [0.717, 1.165) is 46.4 Å². The van der Waals surface area contributed by atoms with E-state index < -0.39 is 5.60 Å². The Labute approximate surface area is 216 Å². The summed E-state index contributed by atoms with van der Waals surface area (Å²) in [7, 11) is 1.69. The summed E-state index contributed by atoms with van der Waals surface area (Å²) in [5.74, 6) is 1.39.